The van der Waals surface area contributed by atoms with Gasteiger partial charge >= 0.3 is 0 Å². The summed E-state index contributed by atoms with van der Waals surface area (Å²) >= 11 is 0. The van der Waals surface area contributed by atoms with Gasteiger partial charge in [0, 0.05) is 13.7 Å². The Bertz CT molecular complexity index is 289. The molecule has 1 aliphatic heterocycles. The molecular formula is C14H26N2O2. The molecule has 4 heteroatoms. The Morgan fingerprint density at radius 1 is 1.28 bits per heavy atom. The van der Waals surface area contributed by atoms with Gasteiger partial charge in [0.2, 0.25) is 5.91 Å². The van der Waals surface area contributed by atoms with Crippen molar-refractivity contribution in [2.45, 2.75) is 39.0 Å². The highest BCUT2D eigenvalue weighted by Gasteiger charge is 2.44. The van der Waals surface area contributed by atoms with Crippen LogP contribution in [-0.2, 0) is 9.53 Å². The van der Waals surface area contributed by atoms with Crippen LogP contribution in [0.25, 0.3) is 0 Å². The summed E-state index contributed by atoms with van der Waals surface area (Å²) < 4.78 is 5.29. The van der Waals surface area contributed by atoms with Gasteiger partial charge in [-0.05, 0) is 50.6 Å². The summed E-state index contributed by atoms with van der Waals surface area (Å²) in [6.45, 7) is 5.43. The van der Waals surface area contributed by atoms with Crippen LogP contribution in [0.2, 0.25) is 0 Å². The average Bonchev–Trinajstić information content (AvgIpc) is 3.18. The van der Waals surface area contributed by atoms with Crippen molar-refractivity contribution in [3.8, 4) is 0 Å². The lowest BCUT2D eigenvalue weighted by Gasteiger charge is -2.36. The highest BCUT2D eigenvalue weighted by Crippen LogP contribution is 2.48. The van der Waals surface area contributed by atoms with E-state index in [4.69, 9.17) is 4.74 Å². The van der Waals surface area contributed by atoms with E-state index in [-0.39, 0.29) is 11.3 Å². The lowest BCUT2D eigenvalue weighted by atomic mass is 9.78. The number of carbonyl (C=O) groups is 1. The SMILES string of the molecule is CCC1(CNC(=O)C2(COC)CCNCC2)CC1. The minimum absolute atomic E-state index is 0.200. The molecule has 18 heavy (non-hydrogen) atoms. The summed E-state index contributed by atoms with van der Waals surface area (Å²) in [5.41, 5.74) is 0.112. The molecule has 1 heterocycles. The van der Waals surface area contributed by atoms with Crippen molar-refractivity contribution in [3.05, 3.63) is 0 Å². The number of hydrogen-bond acceptors (Lipinski definition) is 3. The van der Waals surface area contributed by atoms with Crippen LogP contribution >= 0.6 is 0 Å². The molecule has 2 N–H and O–H groups in total. The first kappa shape index (κ1) is 13.8. The van der Waals surface area contributed by atoms with Gasteiger partial charge in [0.05, 0.1) is 12.0 Å². The molecular weight excluding hydrogens is 228 g/mol. The number of piperidine rings is 1. The number of rotatable bonds is 6. The standard InChI is InChI=1S/C14H26N2O2/c1-3-13(4-5-13)10-16-12(17)14(11-18-2)6-8-15-9-7-14/h15H,3-11H2,1-2H3,(H,16,17). The maximum Gasteiger partial charge on any atom is 0.228 e. The fourth-order valence-electron chi connectivity index (χ4n) is 2.91. The number of nitrogens with one attached hydrogen (secondary N) is 2. The van der Waals surface area contributed by atoms with Crippen LogP contribution < -0.4 is 10.6 Å². The minimum atomic E-state index is -0.302. The van der Waals surface area contributed by atoms with Crippen molar-refractivity contribution in [2.75, 3.05) is 33.4 Å². The van der Waals surface area contributed by atoms with Crippen molar-refractivity contribution >= 4 is 5.91 Å². The maximum atomic E-state index is 12.5. The molecule has 0 aromatic rings. The maximum absolute atomic E-state index is 12.5. The van der Waals surface area contributed by atoms with Crippen LogP contribution in [-0.4, -0.2) is 39.3 Å². The number of methoxy groups -OCH3 is 1. The number of ether oxygens (including phenoxy) is 1. The molecule has 0 bridgehead atoms. The molecule has 0 radical (unpaired) electrons. The largest absolute Gasteiger partial charge is 0.384 e. The fraction of sp³-hybridized carbons (Fsp3) is 0.929. The Hall–Kier alpha value is -0.610. The molecule has 1 saturated heterocycles. The topological polar surface area (TPSA) is 50.4 Å². The van der Waals surface area contributed by atoms with Crippen LogP contribution in [0.15, 0.2) is 0 Å². The Labute approximate surface area is 110 Å². The Kier molecular flexibility index (Phi) is 4.28. The van der Waals surface area contributed by atoms with Crippen molar-refractivity contribution in [1.82, 2.24) is 10.6 Å². The molecule has 1 aliphatic carbocycles. The third-order valence-corrected chi connectivity index (χ3v) is 4.79. The van der Waals surface area contributed by atoms with Crippen LogP contribution in [0.3, 0.4) is 0 Å². The lowest BCUT2D eigenvalue weighted by Crippen LogP contribution is -2.51. The number of carbonyl (C=O) groups excluding carboxylic acids is 1. The first-order valence-electron chi connectivity index (χ1n) is 7.14. The van der Waals surface area contributed by atoms with Gasteiger partial charge in [-0.15, -0.1) is 0 Å². The van der Waals surface area contributed by atoms with Gasteiger partial charge < -0.3 is 15.4 Å². The van der Waals surface area contributed by atoms with Crippen LogP contribution in [0, 0.1) is 10.8 Å². The Balaban J connectivity index is 1.91. The van der Waals surface area contributed by atoms with Gasteiger partial charge in [0.1, 0.15) is 0 Å². The molecule has 2 rings (SSSR count). The van der Waals surface area contributed by atoms with E-state index in [0.717, 1.165) is 32.5 Å². The van der Waals surface area contributed by atoms with E-state index in [1.807, 2.05) is 0 Å². The molecule has 0 unspecified atom stereocenters. The molecule has 1 amide bonds. The molecule has 0 spiro atoms. The smallest absolute Gasteiger partial charge is 0.228 e. The average molecular weight is 254 g/mol. The molecule has 4 nitrogen and oxygen atoms in total. The van der Waals surface area contributed by atoms with E-state index in [2.05, 4.69) is 17.6 Å². The van der Waals surface area contributed by atoms with E-state index in [1.54, 1.807) is 7.11 Å². The molecule has 104 valence electrons. The quantitative estimate of drug-likeness (QED) is 0.751. The summed E-state index contributed by atoms with van der Waals surface area (Å²) in [7, 11) is 1.69. The second kappa shape index (κ2) is 5.57. The van der Waals surface area contributed by atoms with Crippen LogP contribution in [0.4, 0.5) is 0 Å². The monoisotopic (exact) mass is 254 g/mol. The van der Waals surface area contributed by atoms with E-state index in [1.165, 1.54) is 19.3 Å². The number of hydrogen-bond donors (Lipinski definition) is 2. The van der Waals surface area contributed by atoms with E-state index >= 15 is 0 Å². The molecule has 0 aromatic heterocycles. The van der Waals surface area contributed by atoms with Gasteiger partial charge in [0.15, 0.2) is 0 Å². The van der Waals surface area contributed by atoms with Gasteiger partial charge in [-0.25, -0.2) is 0 Å². The second-order valence-corrected chi connectivity index (χ2v) is 6.00. The summed E-state index contributed by atoms with van der Waals surface area (Å²) in [6, 6.07) is 0. The zero-order valence-electron chi connectivity index (χ0n) is 11.7. The van der Waals surface area contributed by atoms with Crippen molar-refractivity contribution in [1.29, 1.82) is 0 Å². The lowest BCUT2D eigenvalue weighted by molar-refractivity contribution is -0.136. The third-order valence-electron chi connectivity index (χ3n) is 4.79. The fourth-order valence-corrected chi connectivity index (χ4v) is 2.91. The van der Waals surface area contributed by atoms with Crippen molar-refractivity contribution in [3.63, 3.8) is 0 Å². The van der Waals surface area contributed by atoms with Gasteiger partial charge in [-0.3, -0.25) is 4.79 Å². The molecule has 0 atom stereocenters. The third kappa shape index (κ3) is 2.86. The van der Waals surface area contributed by atoms with E-state index in [0.29, 0.717) is 12.0 Å². The minimum Gasteiger partial charge on any atom is -0.384 e. The van der Waals surface area contributed by atoms with Crippen LogP contribution in [0.1, 0.15) is 39.0 Å². The zero-order chi connectivity index (χ0) is 13.1. The second-order valence-electron chi connectivity index (χ2n) is 6.00. The molecule has 2 aliphatic rings. The van der Waals surface area contributed by atoms with Crippen molar-refractivity contribution < 1.29 is 9.53 Å². The van der Waals surface area contributed by atoms with E-state index in [9.17, 15) is 4.79 Å². The van der Waals surface area contributed by atoms with E-state index < -0.39 is 0 Å². The predicted octanol–water partition coefficient (Wildman–Crippen LogP) is 1.31. The molecule has 0 aromatic carbocycles. The summed E-state index contributed by atoms with van der Waals surface area (Å²) in [6.07, 6.45) is 5.47. The van der Waals surface area contributed by atoms with Gasteiger partial charge in [0.25, 0.3) is 0 Å². The predicted molar refractivity (Wildman–Crippen MR) is 71.4 cm³/mol. The van der Waals surface area contributed by atoms with Crippen LogP contribution in [0.5, 0.6) is 0 Å². The zero-order valence-corrected chi connectivity index (χ0v) is 11.7. The Morgan fingerprint density at radius 2 is 1.94 bits per heavy atom. The number of amides is 1. The summed E-state index contributed by atoms with van der Waals surface area (Å²) in [5, 5.41) is 6.50. The highest BCUT2D eigenvalue weighted by molar-refractivity contribution is 5.83. The van der Waals surface area contributed by atoms with Gasteiger partial charge in [-0.2, -0.15) is 0 Å². The van der Waals surface area contributed by atoms with Crippen molar-refractivity contribution in [2.24, 2.45) is 10.8 Å². The van der Waals surface area contributed by atoms with Gasteiger partial charge in [-0.1, -0.05) is 6.92 Å². The molecule has 2 fully saturated rings. The first-order chi connectivity index (χ1) is 8.66. The molecule has 1 saturated carbocycles. The Morgan fingerprint density at radius 3 is 2.44 bits per heavy atom. The summed E-state index contributed by atoms with van der Waals surface area (Å²) in [4.78, 5) is 12.5. The first-order valence-corrected chi connectivity index (χ1v) is 7.14. The normalized spacial score (nSPS) is 24.6. The summed E-state index contributed by atoms with van der Waals surface area (Å²) in [5.74, 6) is 0.200. The highest BCUT2D eigenvalue weighted by atomic mass is 16.5.